The molecule has 1 aromatic carbocycles. The van der Waals surface area contributed by atoms with Crippen molar-refractivity contribution in [1.29, 1.82) is 0 Å². The molecule has 0 radical (unpaired) electrons. The second-order valence-electron chi connectivity index (χ2n) is 6.04. The van der Waals surface area contributed by atoms with E-state index in [2.05, 4.69) is 31.1 Å². The average Bonchev–Trinajstić information content (AvgIpc) is 2.78. The molecule has 0 saturated carbocycles. The van der Waals surface area contributed by atoms with Gasteiger partial charge >= 0.3 is 5.97 Å². The summed E-state index contributed by atoms with van der Waals surface area (Å²) in [6, 6.07) is 5.99. The SMILES string of the molecule is COC(=O)CC1COc2cc(C#C[Si](C)(C)C)ccc21. The topological polar surface area (TPSA) is 35.5 Å². The zero-order chi connectivity index (χ0) is 14.8. The molecular formula is C16H20O3Si. The predicted octanol–water partition coefficient (Wildman–Crippen LogP) is 2.95. The lowest BCUT2D eigenvalue weighted by molar-refractivity contribution is -0.141. The number of methoxy groups -OCH3 is 1. The molecule has 106 valence electrons. The van der Waals surface area contributed by atoms with Gasteiger partial charge < -0.3 is 9.47 Å². The van der Waals surface area contributed by atoms with Gasteiger partial charge in [-0.2, -0.15) is 0 Å². The highest BCUT2D eigenvalue weighted by molar-refractivity contribution is 6.83. The van der Waals surface area contributed by atoms with E-state index in [4.69, 9.17) is 9.47 Å². The molecular weight excluding hydrogens is 268 g/mol. The first-order valence-electron chi connectivity index (χ1n) is 6.76. The van der Waals surface area contributed by atoms with Crippen molar-refractivity contribution in [1.82, 2.24) is 0 Å². The van der Waals surface area contributed by atoms with Gasteiger partial charge in [0, 0.05) is 17.0 Å². The van der Waals surface area contributed by atoms with E-state index in [9.17, 15) is 4.79 Å². The van der Waals surface area contributed by atoms with Crippen molar-refractivity contribution < 1.29 is 14.3 Å². The van der Waals surface area contributed by atoms with Crippen LogP contribution in [-0.2, 0) is 9.53 Å². The summed E-state index contributed by atoms with van der Waals surface area (Å²) in [5.41, 5.74) is 5.40. The summed E-state index contributed by atoms with van der Waals surface area (Å²) in [5, 5.41) is 0. The third kappa shape index (κ3) is 3.64. The minimum absolute atomic E-state index is 0.0939. The van der Waals surface area contributed by atoms with E-state index in [-0.39, 0.29) is 11.9 Å². The lowest BCUT2D eigenvalue weighted by atomic mass is 9.97. The van der Waals surface area contributed by atoms with Crippen LogP contribution in [-0.4, -0.2) is 27.8 Å². The van der Waals surface area contributed by atoms with Crippen LogP contribution in [0, 0.1) is 11.5 Å². The van der Waals surface area contributed by atoms with Crippen molar-refractivity contribution in [2.24, 2.45) is 0 Å². The Labute approximate surface area is 121 Å². The van der Waals surface area contributed by atoms with Crippen LogP contribution in [0.25, 0.3) is 0 Å². The first kappa shape index (κ1) is 14.7. The lowest BCUT2D eigenvalue weighted by Crippen LogP contribution is -2.16. The summed E-state index contributed by atoms with van der Waals surface area (Å²) >= 11 is 0. The van der Waals surface area contributed by atoms with E-state index in [1.54, 1.807) is 0 Å². The van der Waals surface area contributed by atoms with Crippen LogP contribution in [0.3, 0.4) is 0 Å². The molecule has 0 bridgehead atoms. The minimum Gasteiger partial charge on any atom is -0.493 e. The quantitative estimate of drug-likeness (QED) is 0.477. The van der Waals surface area contributed by atoms with Gasteiger partial charge in [-0.1, -0.05) is 31.6 Å². The van der Waals surface area contributed by atoms with Gasteiger partial charge in [0.1, 0.15) is 13.8 Å². The number of carbonyl (C=O) groups is 1. The van der Waals surface area contributed by atoms with Gasteiger partial charge in [-0.05, 0) is 12.1 Å². The molecule has 0 fully saturated rings. The van der Waals surface area contributed by atoms with Crippen LogP contribution in [0.15, 0.2) is 18.2 Å². The molecule has 1 aliphatic rings. The Morgan fingerprint density at radius 1 is 1.45 bits per heavy atom. The Bertz CT molecular complexity index is 576. The standard InChI is InChI=1S/C16H20O3Si/c1-18-16(17)10-13-11-19-15-9-12(5-6-14(13)15)7-8-20(2,3)4/h5-6,9,13H,10-11H2,1-4H3. The Hall–Kier alpha value is -1.73. The Morgan fingerprint density at radius 2 is 2.20 bits per heavy atom. The summed E-state index contributed by atoms with van der Waals surface area (Å²) in [6.45, 7) is 7.19. The highest BCUT2D eigenvalue weighted by atomic mass is 28.3. The van der Waals surface area contributed by atoms with Gasteiger partial charge in [-0.3, -0.25) is 4.79 Å². The fraction of sp³-hybridized carbons (Fsp3) is 0.438. The summed E-state index contributed by atoms with van der Waals surface area (Å²) in [7, 11) is 0.0419. The first-order valence-corrected chi connectivity index (χ1v) is 10.3. The maximum atomic E-state index is 11.4. The van der Waals surface area contributed by atoms with E-state index in [0.717, 1.165) is 16.9 Å². The number of fused-ring (bicyclic) bond motifs is 1. The van der Waals surface area contributed by atoms with Crippen LogP contribution < -0.4 is 4.74 Å². The maximum Gasteiger partial charge on any atom is 0.306 e. The second-order valence-corrected chi connectivity index (χ2v) is 10.8. The van der Waals surface area contributed by atoms with Crippen LogP contribution in [0.4, 0.5) is 0 Å². The van der Waals surface area contributed by atoms with Crippen LogP contribution in [0.1, 0.15) is 23.5 Å². The van der Waals surface area contributed by atoms with Crippen LogP contribution >= 0.6 is 0 Å². The predicted molar refractivity (Wildman–Crippen MR) is 81.5 cm³/mol. The molecule has 0 aliphatic carbocycles. The summed E-state index contributed by atoms with van der Waals surface area (Å²) < 4.78 is 10.4. The van der Waals surface area contributed by atoms with E-state index in [0.29, 0.717) is 13.0 Å². The van der Waals surface area contributed by atoms with Crippen LogP contribution in [0.2, 0.25) is 19.6 Å². The number of esters is 1. The molecule has 1 aliphatic heterocycles. The molecule has 4 heteroatoms. The number of hydrogen-bond acceptors (Lipinski definition) is 3. The van der Waals surface area contributed by atoms with Crippen molar-refractivity contribution >= 4 is 14.0 Å². The molecule has 20 heavy (non-hydrogen) atoms. The van der Waals surface area contributed by atoms with E-state index in [1.165, 1.54) is 7.11 Å². The first-order chi connectivity index (χ1) is 9.39. The summed E-state index contributed by atoms with van der Waals surface area (Å²) in [4.78, 5) is 11.4. The van der Waals surface area contributed by atoms with Crippen molar-refractivity contribution in [3.63, 3.8) is 0 Å². The molecule has 0 N–H and O–H groups in total. The minimum atomic E-state index is -1.37. The molecule has 1 heterocycles. The third-order valence-corrected chi connectivity index (χ3v) is 3.99. The zero-order valence-electron chi connectivity index (χ0n) is 12.4. The average molecular weight is 288 g/mol. The smallest absolute Gasteiger partial charge is 0.306 e. The number of rotatable bonds is 2. The Kier molecular flexibility index (Phi) is 4.19. The third-order valence-electron chi connectivity index (χ3n) is 3.12. The van der Waals surface area contributed by atoms with Gasteiger partial charge in [0.25, 0.3) is 0 Å². The molecule has 0 amide bonds. The van der Waals surface area contributed by atoms with Gasteiger partial charge in [-0.15, -0.1) is 5.54 Å². The maximum absolute atomic E-state index is 11.4. The summed E-state index contributed by atoms with van der Waals surface area (Å²) in [6.07, 6.45) is 0.365. The molecule has 1 atom stereocenters. The Morgan fingerprint density at radius 3 is 2.85 bits per heavy atom. The lowest BCUT2D eigenvalue weighted by Gasteiger charge is -2.07. The summed E-state index contributed by atoms with van der Waals surface area (Å²) in [5.74, 6) is 3.96. The number of ether oxygens (including phenoxy) is 2. The monoisotopic (exact) mass is 288 g/mol. The van der Waals surface area contributed by atoms with E-state index in [1.807, 2.05) is 18.2 Å². The number of benzene rings is 1. The van der Waals surface area contributed by atoms with Crippen molar-refractivity contribution in [2.75, 3.05) is 13.7 Å². The van der Waals surface area contributed by atoms with Gasteiger partial charge in [0.2, 0.25) is 0 Å². The largest absolute Gasteiger partial charge is 0.493 e. The molecule has 0 saturated heterocycles. The highest BCUT2D eigenvalue weighted by Crippen LogP contribution is 2.36. The van der Waals surface area contributed by atoms with E-state index < -0.39 is 8.07 Å². The highest BCUT2D eigenvalue weighted by Gasteiger charge is 2.26. The molecule has 0 aromatic heterocycles. The van der Waals surface area contributed by atoms with Crippen molar-refractivity contribution in [2.45, 2.75) is 32.0 Å². The second kappa shape index (κ2) is 5.72. The Balaban J connectivity index is 2.18. The molecule has 1 unspecified atom stereocenters. The zero-order valence-corrected chi connectivity index (χ0v) is 13.4. The van der Waals surface area contributed by atoms with Gasteiger partial charge in [0.05, 0.1) is 20.1 Å². The fourth-order valence-electron chi connectivity index (χ4n) is 2.07. The molecule has 1 aromatic rings. The van der Waals surface area contributed by atoms with Crippen molar-refractivity contribution in [3.05, 3.63) is 29.3 Å². The van der Waals surface area contributed by atoms with E-state index >= 15 is 0 Å². The van der Waals surface area contributed by atoms with Gasteiger partial charge in [-0.25, -0.2) is 0 Å². The van der Waals surface area contributed by atoms with Crippen molar-refractivity contribution in [3.8, 4) is 17.2 Å². The molecule has 3 nitrogen and oxygen atoms in total. The molecule has 2 rings (SSSR count). The molecule has 0 spiro atoms. The number of hydrogen-bond donors (Lipinski definition) is 0. The number of carbonyl (C=O) groups excluding carboxylic acids is 1. The normalized spacial score (nSPS) is 16.7. The fourth-order valence-corrected chi connectivity index (χ4v) is 2.59. The van der Waals surface area contributed by atoms with Gasteiger partial charge in [0.15, 0.2) is 0 Å². The van der Waals surface area contributed by atoms with Crippen LogP contribution in [0.5, 0.6) is 5.75 Å².